The Bertz CT molecular complexity index is 879. The van der Waals surface area contributed by atoms with Crippen LogP contribution in [0.2, 0.25) is 0 Å². The van der Waals surface area contributed by atoms with Gasteiger partial charge < -0.3 is 19.2 Å². The zero-order valence-corrected chi connectivity index (χ0v) is 16.9. The van der Waals surface area contributed by atoms with Crippen molar-refractivity contribution in [2.45, 2.75) is 46.8 Å². The number of hydrogen-bond donors (Lipinski definition) is 1. The first-order valence-electron chi connectivity index (χ1n) is 8.95. The zero-order valence-electron chi connectivity index (χ0n) is 16.9. The molecule has 1 atom stereocenters. The first-order chi connectivity index (χ1) is 13.1. The molecule has 2 aromatic rings. The Labute approximate surface area is 164 Å². The highest BCUT2D eigenvalue weighted by molar-refractivity contribution is 6.02. The molecule has 0 unspecified atom stereocenters. The minimum absolute atomic E-state index is 0.127. The lowest BCUT2D eigenvalue weighted by atomic mass is 10.1. The van der Waals surface area contributed by atoms with Gasteiger partial charge in [0.25, 0.3) is 0 Å². The fourth-order valence-electron chi connectivity index (χ4n) is 2.80. The van der Waals surface area contributed by atoms with Crippen LogP contribution in [0, 0.1) is 13.8 Å². The summed E-state index contributed by atoms with van der Waals surface area (Å²) in [5, 5.41) is 0. The molecule has 0 saturated heterocycles. The number of rotatable bonds is 7. The van der Waals surface area contributed by atoms with Crippen molar-refractivity contribution in [1.29, 1.82) is 0 Å². The van der Waals surface area contributed by atoms with Crippen LogP contribution in [0.4, 0.5) is 0 Å². The summed E-state index contributed by atoms with van der Waals surface area (Å²) in [6, 6.07) is 6.53. The third-order valence-electron chi connectivity index (χ3n) is 4.22. The van der Waals surface area contributed by atoms with E-state index < -0.39 is 18.0 Å². The Morgan fingerprint density at radius 2 is 1.54 bits per heavy atom. The van der Waals surface area contributed by atoms with Gasteiger partial charge in [0.2, 0.25) is 5.78 Å². The topological polar surface area (TPSA) is 94.7 Å². The summed E-state index contributed by atoms with van der Waals surface area (Å²) < 4.78 is 15.6. The van der Waals surface area contributed by atoms with E-state index in [1.165, 1.54) is 14.0 Å². The molecule has 0 saturated carbocycles. The number of benzene rings is 1. The molecule has 28 heavy (non-hydrogen) atoms. The summed E-state index contributed by atoms with van der Waals surface area (Å²) in [5.74, 6) is -0.933. The molecule has 0 radical (unpaired) electrons. The quantitative estimate of drug-likeness (QED) is 0.576. The Morgan fingerprint density at radius 3 is 2.07 bits per heavy atom. The second-order valence-electron chi connectivity index (χ2n) is 6.72. The fraction of sp³-hybridized carbons (Fsp3) is 0.381. The molecule has 0 bridgehead atoms. The number of esters is 2. The predicted molar refractivity (Wildman–Crippen MR) is 103 cm³/mol. The van der Waals surface area contributed by atoms with Gasteiger partial charge in [0.15, 0.2) is 6.10 Å². The van der Waals surface area contributed by atoms with Crippen LogP contribution in [-0.2, 0) is 9.47 Å². The molecule has 7 heteroatoms. The summed E-state index contributed by atoms with van der Waals surface area (Å²) in [6.07, 6.45) is -1.27. The molecule has 1 N–H and O–H groups in total. The second-order valence-corrected chi connectivity index (χ2v) is 6.72. The van der Waals surface area contributed by atoms with E-state index in [0.717, 1.165) is 0 Å². The lowest BCUT2D eigenvalue weighted by Crippen LogP contribution is -2.25. The van der Waals surface area contributed by atoms with Gasteiger partial charge in [-0.3, -0.25) is 4.79 Å². The number of Topliss-reactive ketones (excluding diaryl/α,β-unsaturated/α-hetero) is 1. The van der Waals surface area contributed by atoms with Gasteiger partial charge in [0.05, 0.1) is 18.8 Å². The monoisotopic (exact) mass is 387 g/mol. The molecule has 1 aromatic heterocycles. The van der Waals surface area contributed by atoms with Gasteiger partial charge in [-0.1, -0.05) is 0 Å². The number of hydrogen-bond acceptors (Lipinski definition) is 6. The molecule has 0 aliphatic carbocycles. The van der Waals surface area contributed by atoms with Crippen LogP contribution in [-0.4, -0.2) is 42.0 Å². The number of carbonyl (C=O) groups excluding carboxylic acids is 3. The molecule has 1 aromatic carbocycles. The molecular weight excluding hydrogens is 362 g/mol. The van der Waals surface area contributed by atoms with Crippen LogP contribution in [0.15, 0.2) is 24.3 Å². The number of H-pyrrole nitrogens is 1. The van der Waals surface area contributed by atoms with E-state index in [9.17, 15) is 14.4 Å². The number of aryl methyl sites for hydroxylation is 1. The number of ether oxygens (including phenoxy) is 3. The minimum Gasteiger partial charge on any atom is -0.497 e. The SMILES string of the molecule is COc1ccc(C(=O)[C@@H](C)OC(=O)c2[nH]c(C)c(C(=O)OC(C)C)c2C)cc1. The third kappa shape index (κ3) is 4.60. The van der Waals surface area contributed by atoms with E-state index in [0.29, 0.717) is 28.1 Å². The third-order valence-corrected chi connectivity index (χ3v) is 4.22. The maximum Gasteiger partial charge on any atom is 0.355 e. The lowest BCUT2D eigenvalue weighted by molar-refractivity contribution is 0.0313. The molecule has 1 heterocycles. The van der Waals surface area contributed by atoms with Gasteiger partial charge in [0, 0.05) is 11.3 Å². The lowest BCUT2D eigenvalue weighted by Gasteiger charge is -2.12. The van der Waals surface area contributed by atoms with E-state index in [1.54, 1.807) is 52.0 Å². The van der Waals surface area contributed by atoms with Crippen molar-refractivity contribution in [2.24, 2.45) is 0 Å². The zero-order chi connectivity index (χ0) is 21.0. The Balaban J connectivity index is 2.15. The highest BCUT2D eigenvalue weighted by atomic mass is 16.5. The number of aromatic amines is 1. The largest absolute Gasteiger partial charge is 0.497 e. The van der Waals surface area contributed by atoms with Crippen LogP contribution in [0.5, 0.6) is 5.75 Å². The van der Waals surface area contributed by atoms with Gasteiger partial charge >= 0.3 is 11.9 Å². The predicted octanol–water partition coefficient (Wildman–Crippen LogP) is 3.63. The highest BCUT2D eigenvalue weighted by Gasteiger charge is 2.27. The van der Waals surface area contributed by atoms with Crippen molar-refractivity contribution in [2.75, 3.05) is 7.11 Å². The average molecular weight is 387 g/mol. The summed E-state index contributed by atoms with van der Waals surface area (Å²) >= 11 is 0. The summed E-state index contributed by atoms with van der Waals surface area (Å²) in [7, 11) is 1.53. The van der Waals surface area contributed by atoms with Crippen molar-refractivity contribution in [1.82, 2.24) is 4.98 Å². The number of methoxy groups -OCH3 is 1. The number of aromatic nitrogens is 1. The van der Waals surface area contributed by atoms with Crippen LogP contribution in [0.25, 0.3) is 0 Å². The van der Waals surface area contributed by atoms with E-state index in [1.807, 2.05) is 0 Å². The molecule has 7 nitrogen and oxygen atoms in total. The van der Waals surface area contributed by atoms with Crippen molar-refractivity contribution < 1.29 is 28.6 Å². The molecule has 150 valence electrons. The van der Waals surface area contributed by atoms with Gasteiger partial charge in [-0.2, -0.15) is 0 Å². The molecule has 0 aliphatic rings. The van der Waals surface area contributed by atoms with E-state index in [2.05, 4.69) is 4.98 Å². The first-order valence-corrected chi connectivity index (χ1v) is 8.95. The molecule has 0 spiro atoms. The van der Waals surface area contributed by atoms with Crippen LogP contribution < -0.4 is 4.74 Å². The Hall–Kier alpha value is -3.09. The van der Waals surface area contributed by atoms with Crippen molar-refractivity contribution in [3.63, 3.8) is 0 Å². The van der Waals surface area contributed by atoms with Crippen LogP contribution >= 0.6 is 0 Å². The average Bonchev–Trinajstić information content (AvgIpc) is 2.94. The van der Waals surface area contributed by atoms with Gasteiger partial charge in [-0.25, -0.2) is 9.59 Å². The highest BCUT2D eigenvalue weighted by Crippen LogP contribution is 2.21. The first kappa shape index (κ1) is 21.2. The Kier molecular flexibility index (Phi) is 6.62. The summed E-state index contributed by atoms with van der Waals surface area (Å²) in [4.78, 5) is 40.1. The van der Waals surface area contributed by atoms with Gasteiger partial charge in [-0.05, 0) is 64.4 Å². The van der Waals surface area contributed by atoms with E-state index in [4.69, 9.17) is 14.2 Å². The molecule has 0 amide bonds. The second kappa shape index (κ2) is 8.73. The maximum atomic E-state index is 12.5. The molecule has 0 fully saturated rings. The van der Waals surface area contributed by atoms with Gasteiger partial charge in [0.1, 0.15) is 11.4 Å². The number of carbonyl (C=O) groups is 3. The fourth-order valence-corrected chi connectivity index (χ4v) is 2.80. The van der Waals surface area contributed by atoms with Gasteiger partial charge in [-0.15, -0.1) is 0 Å². The summed E-state index contributed by atoms with van der Waals surface area (Å²) in [5.41, 5.74) is 1.76. The molecule has 2 rings (SSSR count). The Morgan fingerprint density at radius 1 is 0.929 bits per heavy atom. The standard InChI is InChI=1S/C21H25NO6/c1-11(2)27-20(24)17-12(3)18(22-13(17)4)21(25)28-14(5)19(23)15-7-9-16(26-6)10-8-15/h7-11,14,22H,1-6H3/t14-/m1/s1. The van der Waals surface area contributed by atoms with Crippen LogP contribution in [0.1, 0.15) is 63.2 Å². The molecule has 0 aliphatic heterocycles. The smallest absolute Gasteiger partial charge is 0.355 e. The van der Waals surface area contributed by atoms with E-state index >= 15 is 0 Å². The summed E-state index contributed by atoms with van der Waals surface area (Å²) in [6.45, 7) is 8.30. The van der Waals surface area contributed by atoms with Crippen molar-refractivity contribution in [3.8, 4) is 5.75 Å². The minimum atomic E-state index is -0.991. The number of ketones is 1. The van der Waals surface area contributed by atoms with Crippen molar-refractivity contribution in [3.05, 3.63) is 52.3 Å². The van der Waals surface area contributed by atoms with E-state index in [-0.39, 0.29) is 17.6 Å². The normalized spacial score (nSPS) is 11.8. The van der Waals surface area contributed by atoms with Crippen molar-refractivity contribution >= 4 is 17.7 Å². The number of nitrogens with one attached hydrogen (secondary N) is 1. The molecular formula is C21H25NO6. The maximum absolute atomic E-state index is 12.5. The van der Waals surface area contributed by atoms with Crippen LogP contribution in [0.3, 0.4) is 0 Å².